The van der Waals surface area contributed by atoms with Crippen LogP contribution in [-0.2, 0) is 19.1 Å². The van der Waals surface area contributed by atoms with Crippen LogP contribution in [0.15, 0.2) is 78.0 Å². The highest BCUT2D eigenvalue weighted by Gasteiger charge is 2.65. The summed E-state index contributed by atoms with van der Waals surface area (Å²) in [6.45, 7) is 7.91. The Labute approximate surface area is 352 Å². The Bertz CT molecular complexity index is 1850. The van der Waals surface area contributed by atoms with Crippen LogP contribution in [0, 0.1) is 27.9 Å². The number of nitrogens with zero attached hydrogens (tertiary/aromatic N) is 4. The second-order valence-electron chi connectivity index (χ2n) is 15.7. The molecule has 2 aliphatic heterocycles. The summed E-state index contributed by atoms with van der Waals surface area (Å²) in [6.07, 6.45) is 11.7. The van der Waals surface area contributed by atoms with Crippen molar-refractivity contribution >= 4 is 23.4 Å². The van der Waals surface area contributed by atoms with Gasteiger partial charge in [-0.15, -0.1) is 6.58 Å². The van der Waals surface area contributed by atoms with Gasteiger partial charge in [-0.2, -0.15) is 0 Å². The van der Waals surface area contributed by atoms with Crippen LogP contribution in [0.2, 0.25) is 0 Å². The van der Waals surface area contributed by atoms with Crippen molar-refractivity contribution in [1.82, 2.24) is 9.80 Å². The van der Waals surface area contributed by atoms with Crippen molar-refractivity contribution in [3.63, 3.8) is 0 Å². The number of hydrogen-bond acceptors (Lipinski definition) is 13. The standard InChI is InChI=1S/C45H60N4O11/c1-3-25-59-45-41(48(21-26-57-28-24-52)42(53)17-12-32-10-13-34(14-11-32)49(54)55)31-39(46-56-2)37-29-33(8-4-6-22-50)36(9-5-7-23-51)43(44(37)45)38-30-35(15-16-40(38)60-45)58-27-20-47-18-19-47/h3,10-17,29-30,33,36,41,43-44,50-52H,1,4-9,18-28,31H2,2H3/t33-,36+,41-,43+,44+,45+/m0/s1. The summed E-state index contributed by atoms with van der Waals surface area (Å²) in [5.74, 6) is -1.08. The van der Waals surface area contributed by atoms with Gasteiger partial charge >= 0.3 is 0 Å². The molecule has 3 N–H and O–H groups in total. The number of allylic oxidation sites excluding steroid dienone is 1. The first-order chi connectivity index (χ1) is 29.3. The third-order valence-electron chi connectivity index (χ3n) is 12.0. The number of unbranched alkanes of at least 4 members (excludes halogenated alkanes) is 2. The second kappa shape index (κ2) is 21.7. The number of benzene rings is 2. The van der Waals surface area contributed by atoms with E-state index in [-0.39, 0.29) is 82.0 Å². The molecule has 2 fully saturated rings. The van der Waals surface area contributed by atoms with Crippen LogP contribution >= 0.6 is 0 Å². The van der Waals surface area contributed by atoms with Crippen molar-refractivity contribution in [3.05, 3.63) is 94.1 Å². The first-order valence-corrected chi connectivity index (χ1v) is 21.2. The molecule has 2 aliphatic carbocycles. The van der Waals surface area contributed by atoms with Crippen molar-refractivity contribution in [2.75, 3.05) is 79.5 Å². The Hall–Kier alpha value is -4.64. The van der Waals surface area contributed by atoms with E-state index in [9.17, 15) is 30.2 Å². The van der Waals surface area contributed by atoms with E-state index in [1.54, 1.807) is 29.2 Å². The quantitative estimate of drug-likeness (QED) is 0.0301. The van der Waals surface area contributed by atoms with Gasteiger partial charge in [0.2, 0.25) is 11.7 Å². The molecule has 326 valence electrons. The number of aliphatic hydroxyl groups is 3. The normalized spacial score (nSPS) is 24.9. The molecule has 2 heterocycles. The Balaban J connectivity index is 1.51. The monoisotopic (exact) mass is 832 g/mol. The smallest absolute Gasteiger partial charge is 0.269 e. The zero-order valence-corrected chi connectivity index (χ0v) is 34.6. The van der Waals surface area contributed by atoms with E-state index in [4.69, 9.17) is 23.8 Å². The van der Waals surface area contributed by atoms with Gasteiger partial charge in [-0.25, -0.2) is 0 Å². The van der Waals surface area contributed by atoms with Crippen LogP contribution in [0.5, 0.6) is 11.5 Å². The summed E-state index contributed by atoms with van der Waals surface area (Å²) >= 11 is 0. The molecule has 6 rings (SSSR count). The highest BCUT2D eigenvalue weighted by Crippen LogP contribution is 2.62. The summed E-state index contributed by atoms with van der Waals surface area (Å²) in [5, 5.41) is 45.2. The fraction of sp³-hybridized carbons (Fsp3) is 0.556. The first-order valence-electron chi connectivity index (χ1n) is 21.2. The van der Waals surface area contributed by atoms with Crippen molar-refractivity contribution in [2.45, 2.75) is 62.7 Å². The van der Waals surface area contributed by atoms with Gasteiger partial charge in [0.15, 0.2) is 0 Å². The van der Waals surface area contributed by atoms with E-state index < -0.39 is 22.7 Å². The number of nitro groups is 1. The molecule has 0 unspecified atom stereocenters. The van der Waals surface area contributed by atoms with Gasteiger partial charge < -0.3 is 44.0 Å². The van der Waals surface area contributed by atoms with Gasteiger partial charge in [0.1, 0.15) is 31.3 Å². The molecular weight excluding hydrogens is 773 g/mol. The second-order valence-corrected chi connectivity index (χ2v) is 15.7. The minimum Gasteiger partial charge on any atom is -0.492 e. The van der Waals surface area contributed by atoms with Crippen molar-refractivity contribution in [2.24, 2.45) is 22.9 Å². The lowest BCUT2D eigenvalue weighted by Crippen LogP contribution is -2.70. The lowest BCUT2D eigenvalue weighted by molar-refractivity contribution is -0.384. The molecule has 2 aromatic rings. The molecular formula is C45H60N4O11. The minimum atomic E-state index is -1.47. The number of hydrogen-bond donors (Lipinski definition) is 3. The van der Waals surface area contributed by atoms with Crippen LogP contribution in [0.4, 0.5) is 5.69 Å². The van der Waals surface area contributed by atoms with Gasteiger partial charge in [-0.1, -0.05) is 30.1 Å². The van der Waals surface area contributed by atoms with E-state index in [1.165, 1.54) is 25.3 Å². The van der Waals surface area contributed by atoms with Gasteiger partial charge in [-0.3, -0.25) is 19.8 Å². The van der Waals surface area contributed by atoms with Crippen molar-refractivity contribution < 1.29 is 48.8 Å². The van der Waals surface area contributed by atoms with Gasteiger partial charge in [-0.05, 0) is 85.1 Å². The van der Waals surface area contributed by atoms with E-state index >= 15 is 0 Å². The summed E-state index contributed by atoms with van der Waals surface area (Å²) < 4.78 is 26.4. The topological polar surface area (TPSA) is 186 Å². The molecule has 1 saturated carbocycles. The molecule has 0 radical (unpaired) electrons. The maximum absolute atomic E-state index is 14.7. The third-order valence-corrected chi connectivity index (χ3v) is 12.0. The van der Waals surface area contributed by atoms with Crippen LogP contribution in [0.25, 0.3) is 6.08 Å². The number of aliphatic hydroxyl groups excluding tert-OH is 3. The number of carbonyl (C=O) groups is 1. The predicted octanol–water partition coefficient (Wildman–Crippen LogP) is 5.10. The number of non-ortho nitro benzene ring substituents is 1. The number of rotatable bonds is 25. The molecule has 0 bridgehead atoms. The lowest BCUT2D eigenvalue weighted by atomic mass is 9.55. The zero-order chi connectivity index (χ0) is 42.5. The third kappa shape index (κ3) is 10.6. The van der Waals surface area contributed by atoms with Gasteiger partial charge in [0, 0.05) is 75.5 Å². The molecule has 15 nitrogen and oxygen atoms in total. The van der Waals surface area contributed by atoms with E-state index in [0.717, 1.165) is 62.2 Å². The number of nitro benzene ring substituents is 1. The highest BCUT2D eigenvalue weighted by molar-refractivity contribution is 6.03. The fourth-order valence-electron chi connectivity index (χ4n) is 9.15. The van der Waals surface area contributed by atoms with Crippen molar-refractivity contribution in [3.8, 4) is 11.5 Å². The number of oxime groups is 1. The predicted molar refractivity (Wildman–Crippen MR) is 226 cm³/mol. The molecule has 15 heteroatoms. The van der Waals surface area contributed by atoms with Crippen LogP contribution < -0.4 is 9.47 Å². The Morgan fingerprint density at radius 1 is 1.05 bits per heavy atom. The maximum Gasteiger partial charge on any atom is 0.269 e. The van der Waals surface area contributed by atoms with E-state index in [1.807, 2.05) is 12.1 Å². The maximum atomic E-state index is 14.7. The molecule has 0 aromatic heterocycles. The average molecular weight is 833 g/mol. The molecule has 1 saturated heterocycles. The van der Waals surface area contributed by atoms with Crippen molar-refractivity contribution in [1.29, 1.82) is 0 Å². The Morgan fingerprint density at radius 2 is 1.82 bits per heavy atom. The summed E-state index contributed by atoms with van der Waals surface area (Å²) in [7, 11) is 1.50. The largest absolute Gasteiger partial charge is 0.492 e. The number of ether oxygens (including phenoxy) is 4. The summed E-state index contributed by atoms with van der Waals surface area (Å²) in [4.78, 5) is 35.0. The number of amides is 1. The summed E-state index contributed by atoms with van der Waals surface area (Å²) in [6, 6.07) is 11.1. The van der Waals surface area contributed by atoms with Crippen LogP contribution in [0.3, 0.4) is 0 Å². The zero-order valence-electron chi connectivity index (χ0n) is 34.6. The van der Waals surface area contributed by atoms with Gasteiger partial charge in [0.05, 0.1) is 43.0 Å². The lowest BCUT2D eigenvalue weighted by Gasteiger charge is -2.60. The van der Waals surface area contributed by atoms with Crippen LogP contribution in [-0.4, -0.2) is 133 Å². The molecule has 0 spiro atoms. The first kappa shape index (κ1) is 44.9. The molecule has 6 atom stereocenters. The minimum absolute atomic E-state index is 0.0489. The summed E-state index contributed by atoms with van der Waals surface area (Å²) in [5.41, 5.74) is 3.07. The molecule has 1 amide bonds. The Kier molecular flexibility index (Phi) is 16.3. The Morgan fingerprint density at radius 3 is 2.50 bits per heavy atom. The fourth-order valence-corrected chi connectivity index (χ4v) is 9.15. The van der Waals surface area contributed by atoms with Crippen LogP contribution in [0.1, 0.15) is 62.0 Å². The highest BCUT2D eigenvalue weighted by atomic mass is 16.7. The average Bonchev–Trinajstić information content (AvgIpc) is 4.09. The SMILES string of the molecule is C=CCO[C@@]12Oc3ccc(OCCN4CC4)cc3[C@H]3[C@H](CCCCO)[C@@H](CCCCO)C=C(C(=NOC)C[C@@H]1N(CCOCCO)C(=O)C=Cc1ccc([N+](=O)[O-])cc1)[C@H]32. The van der Waals surface area contributed by atoms with E-state index in [0.29, 0.717) is 36.5 Å². The van der Waals surface area contributed by atoms with E-state index in [2.05, 4.69) is 28.8 Å². The molecule has 4 aliphatic rings. The molecule has 60 heavy (non-hydrogen) atoms. The number of fused-ring (bicyclic) bond motifs is 2. The molecule has 2 aromatic carbocycles. The van der Waals surface area contributed by atoms with Gasteiger partial charge in [0.25, 0.3) is 5.69 Å². The number of carbonyl (C=O) groups excluding carboxylic acids is 1.